The lowest BCUT2D eigenvalue weighted by molar-refractivity contribution is 0.0737. The van der Waals surface area contributed by atoms with Gasteiger partial charge in [0, 0.05) is 23.7 Å². The van der Waals surface area contributed by atoms with Crippen molar-refractivity contribution in [2.45, 2.75) is 33.4 Å². The van der Waals surface area contributed by atoms with Crippen molar-refractivity contribution >= 4 is 44.5 Å². The van der Waals surface area contributed by atoms with E-state index in [0.717, 1.165) is 29.8 Å². The van der Waals surface area contributed by atoms with Gasteiger partial charge in [0.05, 0.1) is 22.1 Å². The smallest absolute Gasteiger partial charge is 0.254 e. The molecule has 0 N–H and O–H groups in total. The Kier molecular flexibility index (Phi) is 6.17. The minimum Gasteiger partial charge on any atom is -0.331 e. The summed E-state index contributed by atoms with van der Waals surface area (Å²) in [7, 11) is 0. The van der Waals surface area contributed by atoms with Crippen LogP contribution in [0.3, 0.4) is 0 Å². The van der Waals surface area contributed by atoms with Crippen LogP contribution in [0.25, 0.3) is 11.0 Å². The molecule has 1 heterocycles. The minimum absolute atomic E-state index is 0.148. The Morgan fingerprint density at radius 2 is 2.04 bits per heavy atom. The standard InChI is InChI=1S/C20H20BrClFN3O/c1-3-9-25(20(27)13-5-7-16(23)15(21)10-13)12-19-24-17-8-6-14(22)11-18(17)26(19)4-2/h5-8,10-11H,3-4,9,12H2,1-2H3. The summed E-state index contributed by atoms with van der Waals surface area (Å²) in [6.45, 7) is 5.74. The van der Waals surface area contributed by atoms with Crippen molar-refractivity contribution in [3.63, 3.8) is 0 Å². The summed E-state index contributed by atoms with van der Waals surface area (Å²) in [5.74, 6) is 0.265. The zero-order valence-electron chi connectivity index (χ0n) is 15.2. The first-order valence-electron chi connectivity index (χ1n) is 8.83. The Labute approximate surface area is 171 Å². The molecule has 0 radical (unpaired) electrons. The summed E-state index contributed by atoms with van der Waals surface area (Å²) < 4.78 is 15.9. The number of rotatable bonds is 6. The van der Waals surface area contributed by atoms with Gasteiger partial charge in [-0.2, -0.15) is 0 Å². The van der Waals surface area contributed by atoms with Crippen molar-refractivity contribution in [2.24, 2.45) is 0 Å². The van der Waals surface area contributed by atoms with Crippen molar-refractivity contribution < 1.29 is 9.18 Å². The summed E-state index contributed by atoms with van der Waals surface area (Å²) >= 11 is 9.28. The van der Waals surface area contributed by atoms with Crippen molar-refractivity contribution in [1.82, 2.24) is 14.5 Å². The van der Waals surface area contributed by atoms with E-state index >= 15 is 0 Å². The van der Waals surface area contributed by atoms with Crippen LogP contribution in [-0.4, -0.2) is 26.9 Å². The molecule has 1 amide bonds. The molecule has 0 saturated heterocycles. The van der Waals surface area contributed by atoms with Gasteiger partial charge < -0.3 is 9.47 Å². The fraction of sp³-hybridized carbons (Fsp3) is 0.300. The molecule has 0 atom stereocenters. The highest BCUT2D eigenvalue weighted by molar-refractivity contribution is 9.10. The number of hydrogen-bond donors (Lipinski definition) is 0. The second kappa shape index (κ2) is 8.40. The molecule has 4 nitrogen and oxygen atoms in total. The number of fused-ring (bicyclic) bond motifs is 1. The molecule has 27 heavy (non-hydrogen) atoms. The van der Waals surface area contributed by atoms with Gasteiger partial charge in [0.15, 0.2) is 0 Å². The Hall–Kier alpha value is -1.92. The van der Waals surface area contributed by atoms with Crippen molar-refractivity contribution in [3.05, 3.63) is 63.1 Å². The molecule has 1 aromatic heterocycles. The number of amides is 1. The number of carbonyl (C=O) groups excluding carboxylic acids is 1. The summed E-state index contributed by atoms with van der Waals surface area (Å²) in [4.78, 5) is 19.4. The average molecular weight is 453 g/mol. The van der Waals surface area contributed by atoms with Gasteiger partial charge in [-0.25, -0.2) is 9.37 Å². The SMILES string of the molecule is CCCN(Cc1nc2ccc(Cl)cc2n1CC)C(=O)c1ccc(F)c(Br)c1. The molecular formula is C20H20BrClFN3O. The zero-order chi connectivity index (χ0) is 19.6. The molecule has 0 saturated carbocycles. The van der Waals surface area contributed by atoms with Crippen molar-refractivity contribution in [2.75, 3.05) is 6.54 Å². The normalized spacial score (nSPS) is 11.1. The van der Waals surface area contributed by atoms with E-state index in [1.54, 1.807) is 4.90 Å². The lowest BCUT2D eigenvalue weighted by Crippen LogP contribution is -2.32. The summed E-state index contributed by atoms with van der Waals surface area (Å²) in [5.41, 5.74) is 2.25. The van der Waals surface area contributed by atoms with E-state index < -0.39 is 5.82 Å². The van der Waals surface area contributed by atoms with E-state index in [1.807, 2.05) is 32.0 Å². The van der Waals surface area contributed by atoms with Crippen LogP contribution in [0.5, 0.6) is 0 Å². The van der Waals surface area contributed by atoms with Gasteiger partial charge in [-0.1, -0.05) is 18.5 Å². The second-order valence-electron chi connectivity index (χ2n) is 6.26. The van der Waals surface area contributed by atoms with Crippen molar-refractivity contribution in [3.8, 4) is 0 Å². The molecule has 3 aromatic rings. The molecule has 142 valence electrons. The number of nitrogens with zero attached hydrogens (tertiary/aromatic N) is 3. The van der Waals surface area contributed by atoms with Crippen LogP contribution in [0.4, 0.5) is 4.39 Å². The first-order chi connectivity index (χ1) is 12.9. The first kappa shape index (κ1) is 19.8. The van der Waals surface area contributed by atoms with Gasteiger partial charge in [0.1, 0.15) is 11.6 Å². The zero-order valence-corrected chi connectivity index (χ0v) is 17.5. The molecule has 0 spiro atoms. The van der Waals surface area contributed by atoms with Crippen LogP contribution in [0.15, 0.2) is 40.9 Å². The molecule has 7 heteroatoms. The number of aryl methyl sites for hydroxylation is 1. The highest BCUT2D eigenvalue weighted by atomic mass is 79.9. The fourth-order valence-corrected chi connectivity index (χ4v) is 3.67. The molecule has 0 aliphatic heterocycles. The molecule has 2 aromatic carbocycles. The number of aromatic nitrogens is 2. The van der Waals surface area contributed by atoms with Crippen LogP contribution in [-0.2, 0) is 13.1 Å². The Bertz CT molecular complexity index is 989. The monoisotopic (exact) mass is 451 g/mol. The molecule has 0 aliphatic carbocycles. The quantitative estimate of drug-likeness (QED) is 0.484. The van der Waals surface area contributed by atoms with E-state index in [0.29, 0.717) is 23.7 Å². The maximum atomic E-state index is 13.5. The Balaban J connectivity index is 1.95. The third-order valence-corrected chi connectivity index (χ3v) is 5.23. The number of halogens is 3. The number of imidazole rings is 1. The van der Waals surface area contributed by atoms with E-state index in [9.17, 15) is 9.18 Å². The van der Waals surface area contributed by atoms with E-state index in [-0.39, 0.29) is 10.4 Å². The summed E-state index contributed by atoms with van der Waals surface area (Å²) in [5, 5.41) is 0.654. The topological polar surface area (TPSA) is 38.1 Å². The second-order valence-corrected chi connectivity index (χ2v) is 7.55. The highest BCUT2D eigenvalue weighted by Gasteiger charge is 2.20. The third-order valence-electron chi connectivity index (χ3n) is 4.39. The maximum absolute atomic E-state index is 13.5. The Morgan fingerprint density at radius 3 is 2.70 bits per heavy atom. The van der Waals surface area contributed by atoms with E-state index in [1.165, 1.54) is 18.2 Å². The predicted molar refractivity (Wildman–Crippen MR) is 110 cm³/mol. The van der Waals surface area contributed by atoms with Crippen LogP contribution >= 0.6 is 27.5 Å². The number of carbonyl (C=O) groups is 1. The summed E-state index contributed by atoms with van der Waals surface area (Å²) in [6.07, 6.45) is 0.812. The van der Waals surface area contributed by atoms with Gasteiger partial charge in [-0.05, 0) is 65.7 Å². The average Bonchev–Trinajstić information content (AvgIpc) is 2.99. The molecule has 0 aliphatic rings. The molecule has 0 unspecified atom stereocenters. The predicted octanol–water partition coefficient (Wildman–Crippen LogP) is 5.66. The van der Waals surface area contributed by atoms with E-state index in [2.05, 4.69) is 20.5 Å². The third kappa shape index (κ3) is 4.17. The maximum Gasteiger partial charge on any atom is 0.254 e. The first-order valence-corrected chi connectivity index (χ1v) is 10.0. The van der Waals surface area contributed by atoms with Gasteiger partial charge in [-0.15, -0.1) is 0 Å². The number of benzene rings is 2. The molecule has 0 fully saturated rings. The van der Waals surface area contributed by atoms with Crippen molar-refractivity contribution in [1.29, 1.82) is 0 Å². The van der Waals surface area contributed by atoms with Gasteiger partial charge in [0.2, 0.25) is 0 Å². The molecule has 3 rings (SSSR count). The molecular weight excluding hydrogens is 433 g/mol. The molecule has 0 bridgehead atoms. The lowest BCUT2D eigenvalue weighted by Gasteiger charge is -2.22. The van der Waals surface area contributed by atoms with Gasteiger partial charge >= 0.3 is 0 Å². The fourth-order valence-electron chi connectivity index (χ4n) is 3.12. The summed E-state index contributed by atoms with van der Waals surface area (Å²) in [6, 6.07) is 9.91. The Morgan fingerprint density at radius 1 is 1.26 bits per heavy atom. The van der Waals surface area contributed by atoms with Crippen LogP contribution in [0, 0.1) is 5.82 Å². The van der Waals surface area contributed by atoms with Crippen LogP contribution in [0.2, 0.25) is 5.02 Å². The van der Waals surface area contributed by atoms with E-state index in [4.69, 9.17) is 16.6 Å². The lowest BCUT2D eigenvalue weighted by atomic mass is 10.2. The van der Waals surface area contributed by atoms with Crippen LogP contribution < -0.4 is 0 Å². The van der Waals surface area contributed by atoms with Crippen LogP contribution in [0.1, 0.15) is 36.5 Å². The van der Waals surface area contributed by atoms with Gasteiger partial charge in [-0.3, -0.25) is 4.79 Å². The van der Waals surface area contributed by atoms with Gasteiger partial charge in [0.25, 0.3) is 5.91 Å². The minimum atomic E-state index is -0.391. The highest BCUT2D eigenvalue weighted by Crippen LogP contribution is 2.23. The number of hydrogen-bond acceptors (Lipinski definition) is 2. The largest absolute Gasteiger partial charge is 0.331 e.